The van der Waals surface area contributed by atoms with Crippen molar-refractivity contribution < 1.29 is 14.3 Å². The average Bonchev–Trinajstić information content (AvgIpc) is 2.85. The van der Waals surface area contributed by atoms with Crippen LogP contribution in [0, 0.1) is 0 Å². The normalized spacial score (nSPS) is 21.0. The molecule has 1 aliphatic carbocycles. The van der Waals surface area contributed by atoms with Crippen molar-refractivity contribution in [3.8, 4) is 5.75 Å². The maximum absolute atomic E-state index is 12.5. The predicted octanol–water partition coefficient (Wildman–Crippen LogP) is 3.75. The Morgan fingerprint density at radius 3 is 2.60 bits per heavy atom. The molecule has 1 aliphatic heterocycles. The summed E-state index contributed by atoms with van der Waals surface area (Å²) in [6, 6.07) is 7.80. The van der Waals surface area contributed by atoms with Crippen LogP contribution in [0.25, 0.3) is 10.1 Å². The van der Waals surface area contributed by atoms with Crippen LogP contribution < -0.4 is 4.74 Å². The second-order valence-electron chi connectivity index (χ2n) is 5.57. The van der Waals surface area contributed by atoms with Gasteiger partial charge in [-0.15, -0.1) is 11.3 Å². The first-order chi connectivity index (χ1) is 9.71. The molecule has 102 valence electrons. The van der Waals surface area contributed by atoms with Gasteiger partial charge in [-0.05, 0) is 37.8 Å². The van der Waals surface area contributed by atoms with E-state index in [1.54, 1.807) is 0 Å². The van der Waals surface area contributed by atoms with E-state index in [4.69, 9.17) is 4.74 Å². The van der Waals surface area contributed by atoms with Gasteiger partial charge in [0.1, 0.15) is 4.88 Å². The monoisotopic (exact) mass is 286 g/mol. The fourth-order valence-electron chi connectivity index (χ4n) is 3.28. The van der Waals surface area contributed by atoms with Crippen LogP contribution in [-0.2, 0) is 4.79 Å². The molecule has 1 aromatic heterocycles. The van der Waals surface area contributed by atoms with Crippen LogP contribution in [0.1, 0.15) is 41.8 Å². The van der Waals surface area contributed by atoms with Crippen molar-refractivity contribution in [3.05, 3.63) is 29.1 Å². The van der Waals surface area contributed by atoms with Gasteiger partial charge < -0.3 is 4.74 Å². The molecule has 1 saturated carbocycles. The molecular formula is C16H14O3S. The molecule has 0 saturated heterocycles. The molecule has 20 heavy (non-hydrogen) atoms. The maximum atomic E-state index is 12.5. The highest BCUT2D eigenvalue weighted by atomic mass is 32.1. The summed E-state index contributed by atoms with van der Waals surface area (Å²) in [7, 11) is 0. The second kappa shape index (κ2) is 4.16. The van der Waals surface area contributed by atoms with Crippen LogP contribution in [0.3, 0.4) is 0 Å². The van der Waals surface area contributed by atoms with Crippen LogP contribution in [0.2, 0.25) is 0 Å². The lowest BCUT2D eigenvalue weighted by atomic mass is 9.78. The summed E-state index contributed by atoms with van der Waals surface area (Å²) in [5.74, 6) is -0.0530. The Balaban J connectivity index is 1.92. The summed E-state index contributed by atoms with van der Waals surface area (Å²) >= 11 is 1.36. The Morgan fingerprint density at radius 2 is 1.80 bits per heavy atom. The molecule has 0 unspecified atom stereocenters. The Hall–Kier alpha value is -1.68. The van der Waals surface area contributed by atoms with Gasteiger partial charge in [-0.3, -0.25) is 9.59 Å². The number of hydrogen-bond acceptors (Lipinski definition) is 4. The smallest absolute Gasteiger partial charge is 0.247 e. The Bertz CT molecular complexity index is 722. The van der Waals surface area contributed by atoms with E-state index in [1.807, 2.05) is 24.3 Å². The van der Waals surface area contributed by atoms with Crippen molar-refractivity contribution in [2.24, 2.45) is 0 Å². The zero-order valence-electron chi connectivity index (χ0n) is 11.0. The molecule has 2 heterocycles. The van der Waals surface area contributed by atoms with Crippen molar-refractivity contribution in [1.29, 1.82) is 0 Å². The number of carbonyl (C=O) groups excluding carboxylic acids is 2. The number of carbonyl (C=O) groups is 2. The van der Waals surface area contributed by atoms with Crippen LogP contribution >= 0.6 is 11.3 Å². The van der Waals surface area contributed by atoms with E-state index >= 15 is 0 Å². The predicted molar refractivity (Wildman–Crippen MR) is 77.6 cm³/mol. The summed E-state index contributed by atoms with van der Waals surface area (Å²) in [5.41, 5.74) is -0.883. The fraction of sp³-hybridized carbons (Fsp3) is 0.375. The molecule has 1 spiro atoms. The first kappa shape index (κ1) is 12.1. The molecule has 2 aromatic rings. The molecule has 0 bridgehead atoms. The van der Waals surface area contributed by atoms with E-state index in [9.17, 15) is 9.59 Å². The molecule has 1 aromatic carbocycles. The van der Waals surface area contributed by atoms with E-state index in [1.165, 1.54) is 11.3 Å². The van der Waals surface area contributed by atoms with Crippen molar-refractivity contribution in [3.63, 3.8) is 0 Å². The Labute approximate surface area is 120 Å². The number of hydrogen-bond donors (Lipinski definition) is 0. The number of ketones is 2. The summed E-state index contributed by atoms with van der Waals surface area (Å²) in [5, 5.41) is 0.957. The van der Waals surface area contributed by atoms with Crippen LogP contribution in [0.4, 0.5) is 0 Å². The average molecular weight is 286 g/mol. The molecule has 0 atom stereocenters. The summed E-state index contributed by atoms with van der Waals surface area (Å²) < 4.78 is 7.14. The number of ether oxygens (including phenoxy) is 1. The molecule has 4 heteroatoms. The third-order valence-corrected chi connectivity index (χ3v) is 5.49. The van der Waals surface area contributed by atoms with Gasteiger partial charge in [-0.25, -0.2) is 0 Å². The van der Waals surface area contributed by atoms with Crippen molar-refractivity contribution in [2.45, 2.75) is 37.7 Å². The van der Waals surface area contributed by atoms with E-state index in [2.05, 4.69) is 0 Å². The highest BCUT2D eigenvalue weighted by Gasteiger charge is 2.50. The third-order valence-electron chi connectivity index (χ3n) is 4.33. The molecule has 3 nitrogen and oxygen atoms in total. The number of Topliss-reactive ketones (excluding diaryl/α,β-unsaturated/α-hetero) is 2. The summed E-state index contributed by atoms with van der Waals surface area (Å²) in [6.45, 7) is 0. The van der Waals surface area contributed by atoms with Gasteiger partial charge in [0, 0.05) is 10.1 Å². The maximum Gasteiger partial charge on any atom is 0.247 e. The van der Waals surface area contributed by atoms with Crippen molar-refractivity contribution in [2.75, 3.05) is 0 Å². The van der Waals surface area contributed by atoms with Gasteiger partial charge in [0.15, 0.2) is 11.4 Å². The van der Waals surface area contributed by atoms with Crippen molar-refractivity contribution >= 4 is 33.0 Å². The highest BCUT2D eigenvalue weighted by molar-refractivity contribution is 7.22. The quantitative estimate of drug-likeness (QED) is 0.693. The molecule has 2 aliphatic rings. The minimum Gasteiger partial charge on any atom is -0.477 e. The van der Waals surface area contributed by atoms with Crippen LogP contribution in [-0.4, -0.2) is 17.2 Å². The Morgan fingerprint density at radius 1 is 1.05 bits per heavy atom. The summed E-state index contributed by atoms with van der Waals surface area (Å²) in [4.78, 5) is 25.4. The SMILES string of the molecule is O=C1C(=O)C2(CCCCC2)Oc2c1sc1ccccc21. The topological polar surface area (TPSA) is 43.4 Å². The third kappa shape index (κ3) is 1.51. The zero-order valence-corrected chi connectivity index (χ0v) is 11.8. The largest absolute Gasteiger partial charge is 0.477 e. The standard InChI is InChI=1S/C16H14O3S/c17-12-14-13(10-6-2-3-7-11(10)20-14)19-16(15(12)18)8-4-1-5-9-16/h2-3,6-7H,1,4-5,8-9H2. The lowest BCUT2D eigenvalue weighted by molar-refractivity contribution is -0.133. The fourth-order valence-corrected chi connectivity index (χ4v) is 4.34. The minimum atomic E-state index is -0.883. The molecule has 0 amide bonds. The first-order valence-electron chi connectivity index (χ1n) is 7.01. The first-order valence-corrected chi connectivity index (χ1v) is 7.83. The molecule has 0 radical (unpaired) electrons. The van der Waals surface area contributed by atoms with Crippen LogP contribution in [0.5, 0.6) is 5.75 Å². The highest BCUT2D eigenvalue weighted by Crippen LogP contribution is 2.46. The van der Waals surface area contributed by atoms with Gasteiger partial charge >= 0.3 is 0 Å². The number of benzene rings is 1. The number of thiophene rings is 1. The molecule has 0 N–H and O–H groups in total. The zero-order chi connectivity index (χ0) is 13.7. The van der Waals surface area contributed by atoms with Gasteiger partial charge in [-0.1, -0.05) is 18.6 Å². The van der Waals surface area contributed by atoms with Crippen molar-refractivity contribution in [1.82, 2.24) is 0 Å². The lowest BCUT2D eigenvalue weighted by Gasteiger charge is -2.38. The molecule has 4 rings (SSSR count). The lowest BCUT2D eigenvalue weighted by Crippen LogP contribution is -2.52. The second-order valence-corrected chi connectivity index (χ2v) is 6.62. The van der Waals surface area contributed by atoms with Gasteiger partial charge in [0.25, 0.3) is 0 Å². The molecule has 1 fully saturated rings. The van der Waals surface area contributed by atoms with Crippen LogP contribution in [0.15, 0.2) is 24.3 Å². The van der Waals surface area contributed by atoms with E-state index in [-0.39, 0.29) is 11.6 Å². The van der Waals surface area contributed by atoms with E-state index < -0.39 is 5.60 Å². The van der Waals surface area contributed by atoms with Gasteiger partial charge in [0.05, 0.1) is 0 Å². The summed E-state index contributed by atoms with van der Waals surface area (Å²) in [6.07, 6.45) is 4.36. The number of fused-ring (bicyclic) bond motifs is 3. The van der Waals surface area contributed by atoms with E-state index in [0.717, 1.165) is 29.3 Å². The Kier molecular flexibility index (Phi) is 2.51. The van der Waals surface area contributed by atoms with E-state index in [0.29, 0.717) is 23.5 Å². The molecular weight excluding hydrogens is 272 g/mol. The number of rotatable bonds is 0. The van der Waals surface area contributed by atoms with Gasteiger partial charge in [0.2, 0.25) is 11.6 Å². The minimum absolute atomic E-state index is 0.337. The van der Waals surface area contributed by atoms with Gasteiger partial charge in [-0.2, -0.15) is 0 Å².